The Morgan fingerprint density at radius 2 is 0.889 bits per heavy atom. The molecule has 0 saturated heterocycles. The van der Waals surface area contributed by atoms with Crippen LogP contribution in [-0.4, -0.2) is 112 Å². The minimum absolute atomic E-state index is 0.0823. The summed E-state index contributed by atoms with van der Waals surface area (Å²) >= 11 is 0. The molecule has 294 valence electrons. The van der Waals surface area contributed by atoms with Gasteiger partial charge in [0.15, 0.2) is 13.5 Å². The first-order valence-electron chi connectivity index (χ1n) is 16.9. The van der Waals surface area contributed by atoms with Crippen LogP contribution in [0.2, 0.25) is 0 Å². The third-order valence-electron chi connectivity index (χ3n) is 7.31. The number of unbranched alkanes of at least 4 members (excludes halogenated alkanes) is 4. The molecular formula is C36H44N2O16. The van der Waals surface area contributed by atoms with Crippen LogP contribution in [0.3, 0.4) is 0 Å². The summed E-state index contributed by atoms with van der Waals surface area (Å²) < 4.78 is 30.0. The molecule has 18 heteroatoms. The lowest BCUT2D eigenvalue weighted by Crippen LogP contribution is -2.34. The topological polar surface area (TPSA) is 239 Å². The molecule has 18 nitrogen and oxygen atoms in total. The smallest absolute Gasteiger partial charge is 0.338 e. The van der Waals surface area contributed by atoms with Crippen molar-refractivity contribution in [1.29, 1.82) is 0 Å². The molecule has 54 heavy (non-hydrogen) atoms. The van der Waals surface area contributed by atoms with Crippen molar-refractivity contribution in [2.24, 2.45) is 0 Å². The van der Waals surface area contributed by atoms with E-state index in [4.69, 9.17) is 38.6 Å². The molecule has 0 aromatic heterocycles. The Bertz CT molecular complexity index is 1490. The molecule has 0 unspecified atom stereocenters. The lowest BCUT2D eigenvalue weighted by Gasteiger charge is -2.22. The van der Waals surface area contributed by atoms with Gasteiger partial charge in [-0.15, -0.1) is 0 Å². The average molecular weight is 761 g/mol. The van der Waals surface area contributed by atoms with E-state index in [0.717, 1.165) is 4.90 Å². The van der Waals surface area contributed by atoms with E-state index in [0.29, 0.717) is 55.5 Å². The highest BCUT2D eigenvalue weighted by Crippen LogP contribution is 2.18. The summed E-state index contributed by atoms with van der Waals surface area (Å²) in [7, 11) is 0. The van der Waals surface area contributed by atoms with Crippen LogP contribution in [0.15, 0.2) is 48.5 Å². The predicted molar refractivity (Wildman–Crippen MR) is 186 cm³/mol. The van der Waals surface area contributed by atoms with Crippen molar-refractivity contribution >= 4 is 60.1 Å². The lowest BCUT2D eigenvalue weighted by molar-refractivity contribution is -0.152. The van der Waals surface area contributed by atoms with Crippen LogP contribution in [0.1, 0.15) is 72.1 Å². The van der Waals surface area contributed by atoms with Crippen LogP contribution >= 0.6 is 0 Å². The van der Waals surface area contributed by atoms with E-state index in [1.54, 1.807) is 12.1 Å². The third-order valence-corrected chi connectivity index (χ3v) is 7.31. The molecule has 0 spiro atoms. The first-order valence-corrected chi connectivity index (χ1v) is 16.9. The van der Waals surface area contributed by atoms with Crippen LogP contribution in [-0.2, 0) is 57.2 Å². The zero-order valence-electron chi connectivity index (χ0n) is 29.6. The van der Waals surface area contributed by atoms with Gasteiger partial charge in [-0.25, -0.2) is 9.59 Å². The fourth-order valence-corrected chi connectivity index (χ4v) is 4.66. The molecular weight excluding hydrogens is 716 g/mol. The monoisotopic (exact) mass is 760 g/mol. The number of nitrogens with zero attached hydrogens (tertiary/aromatic N) is 2. The minimum atomic E-state index is -1.20. The van der Waals surface area contributed by atoms with Gasteiger partial charge in [0, 0.05) is 24.2 Å². The highest BCUT2D eigenvalue weighted by atomic mass is 16.6. The highest BCUT2D eigenvalue weighted by molar-refractivity contribution is 5.90. The van der Waals surface area contributed by atoms with E-state index < -0.39 is 48.9 Å². The second kappa shape index (κ2) is 25.7. The zero-order valence-corrected chi connectivity index (χ0v) is 29.6. The Labute approximate surface area is 310 Å². The van der Waals surface area contributed by atoms with Crippen molar-refractivity contribution < 1.29 is 77.0 Å². The van der Waals surface area contributed by atoms with Crippen molar-refractivity contribution in [3.63, 3.8) is 0 Å². The molecule has 0 fully saturated rings. The number of benzene rings is 2. The Balaban J connectivity index is 1.49. The number of carboxylic acid groups (broad SMARTS) is 2. The van der Waals surface area contributed by atoms with Crippen molar-refractivity contribution in [2.45, 2.75) is 51.4 Å². The SMILES string of the molecule is O=COCN(COC=O)c1ccc(C(=O)OCCCCCC(=O)OCCOC(=O)CCCCCOC(=O)c2ccc(N(CC(=O)O)CC(=O)O)cc2)cc1. The summed E-state index contributed by atoms with van der Waals surface area (Å²) in [6.07, 6.45) is 3.50. The normalized spacial score (nSPS) is 10.3. The van der Waals surface area contributed by atoms with Gasteiger partial charge in [-0.3, -0.25) is 28.8 Å². The number of ether oxygens (including phenoxy) is 6. The van der Waals surface area contributed by atoms with Gasteiger partial charge >= 0.3 is 35.8 Å². The first-order chi connectivity index (χ1) is 26.0. The Morgan fingerprint density at radius 3 is 1.26 bits per heavy atom. The lowest BCUT2D eigenvalue weighted by atomic mass is 10.2. The van der Waals surface area contributed by atoms with Crippen LogP contribution < -0.4 is 9.80 Å². The minimum Gasteiger partial charge on any atom is -0.480 e. The van der Waals surface area contributed by atoms with Gasteiger partial charge in [-0.2, -0.15) is 0 Å². The van der Waals surface area contributed by atoms with Crippen LogP contribution in [0, 0.1) is 0 Å². The second-order valence-electron chi connectivity index (χ2n) is 11.4. The maximum Gasteiger partial charge on any atom is 0.338 e. The standard InChI is InChI=1S/C36H44N2O16/c39-25-49-23-38(24-50-26-40)30-15-11-28(12-16-30)36(48)54-18-6-2-4-8-34(46)52-20-19-51-33(45)7-3-1-5-17-53-35(47)27-9-13-29(14-10-27)37(21-31(41)42)22-32(43)44/h9-16,25-26H,1-8,17-24H2,(H,41,42)(H,43,44). The molecule has 2 aromatic rings. The number of carbonyl (C=O) groups is 8. The third kappa shape index (κ3) is 18.3. The predicted octanol–water partition coefficient (Wildman–Crippen LogP) is 2.95. The number of carboxylic acids is 2. The van der Waals surface area contributed by atoms with Gasteiger partial charge in [0.05, 0.1) is 24.3 Å². The molecule has 0 heterocycles. The molecule has 0 amide bonds. The van der Waals surface area contributed by atoms with E-state index in [1.807, 2.05) is 0 Å². The number of hydrogen-bond acceptors (Lipinski definition) is 16. The average Bonchev–Trinajstić information content (AvgIpc) is 3.15. The Kier molecular flexibility index (Phi) is 20.9. The summed E-state index contributed by atoms with van der Waals surface area (Å²) in [5.74, 6) is -4.43. The summed E-state index contributed by atoms with van der Waals surface area (Å²) in [6, 6.07) is 11.9. The quantitative estimate of drug-likeness (QED) is 0.0398. The van der Waals surface area contributed by atoms with E-state index in [1.165, 1.54) is 41.3 Å². The van der Waals surface area contributed by atoms with Gasteiger partial charge in [0.2, 0.25) is 0 Å². The van der Waals surface area contributed by atoms with E-state index in [9.17, 15) is 38.4 Å². The number of hydrogen-bond donors (Lipinski definition) is 2. The van der Waals surface area contributed by atoms with E-state index >= 15 is 0 Å². The molecule has 0 bridgehead atoms. The van der Waals surface area contributed by atoms with Gasteiger partial charge in [0.1, 0.15) is 26.3 Å². The van der Waals surface area contributed by atoms with Crippen molar-refractivity contribution in [3.05, 3.63) is 59.7 Å². The van der Waals surface area contributed by atoms with Gasteiger partial charge in [0.25, 0.3) is 12.9 Å². The molecule has 2 N–H and O–H groups in total. The highest BCUT2D eigenvalue weighted by Gasteiger charge is 2.16. The fourth-order valence-electron chi connectivity index (χ4n) is 4.66. The summed E-state index contributed by atoms with van der Waals surface area (Å²) in [6.45, 7) is -0.738. The van der Waals surface area contributed by atoms with E-state index in [2.05, 4.69) is 0 Å². The maximum absolute atomic E-state index is 12.3. The number of carbonyl (C=O) groups excluding carboxylic acids is 6. The maximum atomic E-state index is 12.3. The van der Waals surface area contributed by atoms with Crippen molar-refractivity contribution in [3.8, 4) is 0 Å². The van der Waals surface area contributed by atoms with Gasteiger partial charge in [-0.05, 0) is 87.1 Å². The number of anilines is 2. The second-order valence-corrected chi connectivity index (χ2v) is 11.4. The summed E-state index contributed by atoms with van der Waals surface area (Å²) in [5.41, 5.74) is 1.38. The van der Waals surface area contributed by atoms with Crippen molar-refractivity contribution in [1.82, 2.24) is 0 Å². The van der Waals surface area contributed by atoms with Crippen molar-refractivity contribution in [2.75, 3.05) is 62.8 Å². The molecule has 0 atom stereocenters. The number of esters is 4. The zero-order chi connectivity index (χ0) is 39.6. The number of rotatable bonds is 29. The number of aliphatic carboxylic acids is 2. The first kappa shape index (κ1) is 44.0. The van der Waals surface area contributed by atoms with Crippen LogP contribution in [0.25, 0.3) is 0 Å². The molecule has 0 aliphatic heterocycles. The Hall–Kier alpha value is -6.20. The molecule has 2 rings (SSSR count). The van der Waals surface area contributed by atoms with Crippen LogP contribution in [0.5, 0.6) is 0 Å². The molecule has 2 aromatic carbocycles. The Morgan fingerprint density at radius 1 is 0.500 bits per heavy atom. The fraction of sp³-hybridized carbons (Fsp3) is 0.444. The summed E-state index contributed by atoms with van der Waals surface area (Å²) in [4.78, 5) is 94.0. The molecule has 0 radical (unpaired) electrons. The molecule has 0 aliphatic rings. The summed E-state index contributed by atoms with van der Waals surface area (Å²) in [5, 5.41) is 18.0. The molecule has 0 saturated carbocycles. The molecule has 0 aliphatic carbocycles. The largest absolute Gasteiger partial charge is 0.480 e. The van der Waals surface area contributed by atoms with Gasteiger partial charge < -0.3 is 48.4 Å². The van der Waals surface area contributed by atoms with Crippen LogP contribution in [0.4, 0.5) is 11.4 Å². The van der Waals surface area contributed by atoms with E-state index in [-0.39, 0.29) is 71.2 Å². The van der Waals surface area contributed by atoms with Gasteiger partial charge in [-0.1, -0.05) is 0 Å².